The summed E-state index contributed by atoms with van der Waals surface area (Å²) in [5.41, 5.74) is 1.48. The first-order chi connectivity index (χ1) is 11.3. The van der Waals surface area contributed by atoms with Gasteiger partial charge in [0.05, 0.1) is 22.3 Å². The fourth-order valence-electron chi connectivity index (χ4n) is 2.52. The van der Waals surface area contributed by atoms with Crippen molar-refractivity contribution < 1.29 is 13.6 Å². The molecule has 3 aromatic rings. The Bertz CT molecular complexity index is 1070. The van der Waals surface area contributed by atoms with Gasteiger partial charge in [0.25, 0.3) is 11.1 Å². The van der Waals surface area contributed by atoms with Crippen molar-refractivity contribution in [1.29, 1.82) is 0 Å². The Labute approximate surface area is 133 Å². The number of amides is 1. The molecule has 0 fully saturated rings. The zero-order valence-electron chi connectivity index (χ0n) is 12.7. The third-order valence-electron chi connectivity index (χ3n) is 3.48. The van der Waals surface area contributed by atoms with E-state index in [1.807, 2.05) is 0 Å². The Morgan fingerprint density at radius 3 is 2.33 bits per heavy atom. The highest BCUT2D eigenvalue weighted by Gasteiger charge is 2.16. The zero-order valence-corrected chi connectivity index (χ0v) is 12.7. The Hall–Kier alpha value is -3.23. The first-order valence-electron chi connectivity index (χ1n) is 6.89. The van der Waals surface area contributed by atoms with Gasteiger partial charge in [-0.25, -0.2) is 18.1 Å². The van der Waals surface area contributed by atoms with Crippen LogP contribution in [0.15, 0.2) is 33.9 Å². The molecule has 2 heterocycles. The van der Waals surface area contributed by atoms with Crippen molar-refractivity contribution >= 4 is 16.8 Å². The van der Waals surface area contributed by atoms with E-state index >= 15 is 0 Å². The zero-order chi connectivity index (χ0) is 17.6. The minimum Gasteiger partial charge on any atom is -0.290 e. The molecule has 2 N–H and O–H groups in total. The number of carbonyl (C=O) groups excluding carboxylic acids is 1. The van der Waals surface area contributed by atoms with Crippen LogP contribution in [0.25, 0.3) is 16.6 Å². The Morgan fingerprint density at radius 2 is 1.75 bits per heavy atom. The second-order valence-electron chi connectivity index (χ2n) is 5.24. The second kappa shape index (κ2) is 5.44. The van der Waals surface area contributed by atoms with Crippen molar-refractivity contribution in [1.82, 2.24) is 14.5 Å². The lowest BCUT2D eigenvalue weighted by atomic mass is 10.2. The van der Waals surface area contributed by atoms with Gasteiger partial charge in [-0.15, -0.1) is 0 Å². The summed E-state index contributed by atoms with van der Waals surface area (Å²) < 4.78 is 28.6. The molecule has 0 saturated carbocycles. The van der Waals surface area contributed by atoms with Crippen molar-refractivity contribution in [2.24, 2.45) is 0 Å². The normalized spacial score (nSPS) is 11.0. The van der Waals surface area contributed by atoms with E-state index in [1.165, 1.54) is 13.8 Å². The summed E-state index contributed by atoms with van der Waals surface area (Å²) in [5.74, 6) is -2.17. The highest BCUT2D eigenvalue weighted by atomic mass is 19.1. The molecule has 24 heavy (non-hydrogen) atoms. The molecule has 1 amide bonds. The smallest absolute Gasteiger partial charge is 0.280 e. The van der Waals surface area contributed by atoms with Crippen molar-refractivity contribution in [2.75, 3.05) is 5.43 Å². The van der Waals surface area contributed by atoms with E-state index in [-0.39, 0.29) is 22.3 Å². The highest BCUT2D eigenvalue weighted by molar-refractivity contribution is 5.84. The van der Waals surface area contributed by atoms with Crippen LogP contribution >= 0.6 is 0 Å². The van der Waals surface area contributed by atoms with E-state index < -0.39 is 28.7 Å². The molecule has 0 bridgehead atoms. The second-order valence-corrected chi connectivity index (χ2v) is 5.24. The number of H-pyrrole nitrogens is 1. The minimum absolute atomic E-state index is 0.0494. The van der Waals surface area contributed by atoms with Gasteiger partial charge in [-0.1, -0.05) is 0 Å². The fourth-order valence-corrected chi connectivity index (χ4v) is 2.52. The van der Waals surface area contributed by atoms with Crippen molar-refractivity contribution in [3.8, 4) is 5.69 Å². The standard InChI is InChI=1S/C15H12F2N4O3/c1-7-14-12(6-13(23)20(7)18-8(2)22)19-21(15(14)24)11-4-9(16)3-10(17)5-11/h3-6,19H,1-2H3,(H,18,22). The van der Waals surface area contributed by atoms with E-state index in [9.17, 15) is 23.2 Å². The van der Waals surface area contributed by atoms with Gasteiger partial charge in [0.1, 0.15) is 11.6 Å². The number of hydrogen-bond donors (Lipinski definition) is 2. The molecular formula is C15H12F2N4O3. The lowest BCUT2D eigenvalue weighted by Crippen LogP contribution is -2.33. The van der Waals surface area contributed by atoms with Gasteiger partial charge in [0.15, 0.2) is 0 Å². The van der Waals surface area contributed by atoms with Crippen LogP contribution in [-0.4, -0.2) is 20.4 Å². The average molecular weight is 334 g/mol. The molecule has 0 atom stereocenters. The summed E-state index contributed by atoms with van der Waals surface area (Å²) in [6.45, 7) is 2.70. The number of nitrogens with zero attached hydrogens (tertiary/aromatic N) is 2. The molecule has 0 unspecified atom stereocenters. The number of aromatic nitrogens is 3. The molecule has 2 aromatic heterocycles. The number of carbonyl (C=O) groups is 1. The molecule has 0 radical (unpaired) electrons. The Morgan fingerprint density at radius 1 is 1.12 bits per heavy atom. The predicted molar refractivity (Wildman–Crippen MR) is 82.9 cm³/mol. The summed E-state index contributed by atoms with van der Waals surface area (Å²) in [6, 6.07) is 3.76. The summed E-state index contributed by atoms with van der Waals surface area (Å²) in [6.07, 6.45) is 0. The maximum Gasteiger partial charge on any atom is 0.280 e. The number of hydrogen-bond acceptors (Lipinski definition) is 3. The average Bonchev–Trinajstić information content (AvgIpc) is 2.79. The van der Waals surface area contributed by atoms with Crippen LogP contribution in [0.2, 0.25) is 0 Å². The topological polar surface area (TPSA) is 88.9 Å². The molecule has 9 heteroatoms. The molecule has 0 aliphatic rings. The lowest BCUT2D eigenvalue weighted by molar-refractivity contribution is -0.115. The van der Waals surface area contributed by atoms with Crippen LogP contribution in [0.3, 0.4) is 0 Å². The molecule has 124 valence electrons. The third kappa shape index (κ3) is 2.49. The van der Waals surface area contributed by atoms with Crippen LogP contribution in [0.4, 0.5) is 8.78 Å². The largest absolute Gasteiger partial charge is 0.290 e. The maximum absolute atomic E-state index is 13.4. The van der Waals surface area contributed by atoms with E-state index in [4.69, 9.17) is 0 Å². The Balaban J connectivity index is 2.32. The molecule has 7 nitrogen and oxygen atoms in total. The predicted octanol–water partition coefficient (Wildman–Crippen LogP) is 1.16. The van der Waals surface area contributed by atoms with Gasteiger partial charge in [0, 0.05) is 19.1 Å². The number of aryl methyl sites for hydroxylation is 1. The van der Waals surface area contributed by atoms with Crippen LogP contribution in [0.1, 0.15) is 12.6 Å². The summed E-state index contributed by atoms with van der Waals surface area (Å²) in [4.78, 5) is 35.8. The molecular weight excluding hydrogens is 322 g/mol. The summed E-state index contributed by atoms with van der Waals surface area (Å²) >= 11 is 0. The molecule has 0 aliphatic heterocycles. The highest BCUT2D eigenvalue weighted by Crippen LogP contribution is 2.15. The van der Waals surface area contributed by atoms with Crippen LogP contribution in [0, 0.1) is 18.6 Å². The lowest BCUT2D eigenvalue weighted by Gasteiger charge is -2.09. The number of halogens is 2. The summed E-state index contributed by atoms with van der Waals surface area (Å²) in [7, 11) is 0. The SMILES string of the molecule is CC(=O)Nn1c(C)c2c(=O)n(-c3cc(F)cc(F)c3)[nH]c2cc1=O. The maximum atomic E-state index is 13.4. The number of nitrogens with one attached hydrogen (secondary N) is 2. The first kappa shape index (κ1) is 15.7. The van der Waals surface area contributed by atoms with Crippen molar-refractivity contribution in [3.63, 3.8) is 0 Å². The quantitative estimate of drug-likeness (QED) is 0.737. The van der Waals surface area contributed by atoms with Crippen molar-refractivity contribution in [2.45, 2.75) is 13.8 Å². The van der Waals surface area contributed by atoms with Gasteiger partial charge >= 0.3 is 0 Å². The van der Waals surface area contributed by atoms with Gasteiger partial charge in [-0.3, -0.25) is 24.9 Å². The Kier molecular flexibility index (Phi) is 3.55. The van der Waals surface area contributed by atoms with Gasteiger partial charge in [-0.05, 0) is 19.1 Å². The van der Waals surface area contributed by atoms with Crippen LogP contribution in [-0.2, 0) is 4.79 Å². The summed E-state index contributed by atoms with van der Waals surface area (Å²) in [5, 5.41) is 2.76. The number of rotatable bonds is 2. The monoisotopic (exact) mass is 334 g/mol. The van der Waals surface area contributed by atoms with E-state index in [2.05, 4.69) is 10.5 Å². The molecule has 0 spiro atoms. The number of aromatic amines is 1. The van der Waals surface area contributed by atoms with Gasteiger partial charge in [-0.2, -0.15) is 0 Å². The van der Waals surface area contributed by atoms with Crippen LogP contribution < -0.4 is 16.5 Å². The van der Waals surface area contributed by atoms with Crippen molar-refractivity contribution in [3.05, 3.63) is 62.3 Å². The third-order valence-corrected chi connectivity index (χ3v) is 3.48. The van der Waals surface area contributed by atoms with E-state index in [0.717, 1.165) is 27.6 Å². The molecule has 1 aromatic carbocycles. The molecule has 3 rings (SSSR count). The van der Waals surface area contributed by atoms with Gasteiger partial charge < -0.3 is 0 Å². The number of pyridine rings is 1. The fraction of sp³-hybridized carbons (Fsp3) is 0.133. The minimum atomic E-state index is -0.842. The molecule has 0 aliphatic carbocycles. The van der Waals surface area contributed by atoms with E-state index in [1.54, 1.807) is 0 Å². The number of fused-ring (bicyclic) bond motifs is 1. The molecule has 0 saturated heterocycles. The van der Waals surface area contributed by atoms with Gasteiger partial charge in [0.2, 0.25) is 5.91 Å². The van der Waals surface area contributed by atoms with Crippen LogP contribution in [0.5, 0.6) is 0 Å². The van der Waals surface area contributed by atoms with E-state index in [0.29, 0.717) is 6.07 Å². The number of benzene rings is 1. The first-order valence-corrected chi connectivity index (χ1v) is 6.89.